The number of nitrogens with zero attached hydrogens (tertiary/aromatic N) is 2. The molecule has 19 heavy (non-hydrogen) atoms. The molecule has 0 bridgehead atoms. The van der Waals surface area contributed by atoms with E-state index in [9.17, 15) is 4.79 Å². The number of carboxylic acids is 1. The van der Waals surface area contributed by atoms with Gasteiger partial charge < -0.3 is 14.9 Å². The highest BCUT2D eigenvalue weighted by molar-refractivity contribution is 5.70. The van der Waals surface area contributed by atoms with Gasteiger partial charge in [-0.2, -0.15) is 0 Å². The van der Waals surface area contributed by atoms with Crippen molar-refractivity contribution in [3.05, 3.63) is 0 Å². The highest BCUT2D eigenvalue weighted by Gasteiger charge is 2.29. The molecule has 1 N–H and O–H groups in total. The Morgan fingerprint density at radius 3 is 2.26 bits per heavy atom. The van der Waals surface area contributed by atoms with Gasteiger partial charge in [-0.05, 0) is 71.6 Å². The maximum atomic E-state index is 11.0. The average Bonchev–Trinajstić information content (AvgIpc) is 2.41. The Labute approximate surface area is 116 Å². The third-order valence-electron chi connectivity index (χ3n) is 5.05. The topological polar surface area (TPSA) is 43.8 Å². The van der Waals surface area contributed by atoms with Crippen molar-refractivity contribution < 1.29 is 9.90 Å². The Morgan fingerprint density at radius 2 is 1.74 bits per heavy atom. The van der Waals surface area contributed by atoms with Crippen LogP contribution in [0.1, 0.15) is 38.5 Å². The van der Waals surface area contributed by atoms with Gasteiger partial charge in [0.05, 0.1) is 5.92 Å². The van der Waals surface area contributed by atoms with Crippen molar-refractivity contribution in [1.82, 2.24) is 9.80 Å². The van der Waals surface area contributed by atoms with Crippen LogP contribution >= 0.6 is 0 Å². The maximum absolute atomic E-state index is 11.0. The Kier molecular flexibility index (Phi) is 5.22. The lowest BCUT2D eigenvalue weighted by Crippen LogP contribution is -2.41. The van der Waals surface area contributed by atoms with Crippen LogP contribution in [0.25, 0.3) is 0 Å². The Morgan fingerprint density at radius 1 is 1.16 bits per heavy atom. The standard InChI is InChI=1S/C15H28N2O2/c1-16-9-7-12(8-10-16)11-17(2)14-5-3-13(4-6-14)15(18)19/h12-14H,3-11H2,1-2H3,(H,18,19). The molecule has 1 aliphatic heterocycles. The van der Waals surface area contributed by atoms with Crippen molar-refractivity contribution in [3.8, 4) is 0 Å². The molecule has 0 radical (unpaired) electrons. The van der Waals surface area contributed by atoms with Gasteiger partial charge in [-0.3, -0.25) is 4.79 Å². The zero-order valence-electron chi connectivity index (χ0n) is 12.3. The van der Waals surface area contributed by atoms with Crippen LogP contribution in [-0.2, 0) is 4.79 Å². The first-order valence-electron chi connectivity index (χ1n) is 7.68. The van der Waals surface area contributed by atoms with Crippen LogP contribution in [0.5, 0.6) is 0 Å². The van der Waals surface area contributed by atoms with Crippen LogP contribution < -0.4 is 0 Å². The van der Waals surface area contributed by atoms with Crippen LogP contribution in [0.2, 0.25) is 0 Å². The lowest BCUT2D eigenvalue weighted by atomic mass is 9.85. The van der Waals surface area contributed by atoms with Gasteiger partial charge in [0.15, 0.2) is 0 Å². The third-order valence-corrected chi connectivity index (χ3v) is 5.05. The number of likely N-dealkylation sites (tertiary alicyclic amines) is 1. The lowest BCUT2D eigenvalue weighted by Gasteiger charge is -2.37. The molecule has 1 saturated heterocycles. The fourth-order valence-electron chi connectivity index (χ4n) is 3.56. The summed E-state index contributed by atoms with van der Waals surface area (Å²) < 4.78 is 0. The fraction of sp³-hybridized carbons (Fsp3) is 0.933. The van der Waals surface area contributed by atoms with Gasteiger partial charge in [-0.15, -0.1) is 0 Å². The highest BCUT2D eigenvalue weighted by Crippen LogP contribution is 2.28. The monoisotopic (exact) mass is 268 g/mol. The number of rotatable bonds is 4. The number of piperidine rings is 1. The molecule has 2 aliphatic rings. The van der Waals surface area contributed by atoms with Crippen molar-refractivity contribution in [2.24, 2.45) is 11.8 Å². The molecule has 110 valence electrons. The molecule has 0 aromatic rings. The summed E-state index contributed by atoms with van der Waals surface area (Å²) in [5.41, 5.74) is 0. The van der Waals surface area contributed by atoms with E-state index in [1.165, 1.54) is 32.5 Å². The summed E-state index contributed by atoms with van der Waals surface area (Å²) in [5, 5.41) is 9.03. The minimum Gasteiger partial charge on any atom is -0.481 e. The van der Waals surface area contributed by atoms with E-state index in [1.807, 2.05) is 0 Å². The number of hydrogen-bond donors (Lipinski definition) is 1. The van der Waals surface area contributed by atoms with Gasteiger partial charge in [0.2, 0.25) is 0 Å². The number of hydrogen-bond acceptors (Lipinski definition) is 3. The normalized spacial score (nSPS) is 30.7. The van der Waals surface area contributed by atoms with E-state index < -0.39 is 5.97 Å². The van der Waals surface area contributed by atoms with Crippen LogP contribution in [0.15, 0.2) is 0 Å². The van der Waals surface area contributed by atoms with Crippen LogP contribution in [0, 0.1) is 11.8 Å². The molecular formula is C15H28N2O2. The number of carbonyl (C=O) groups is 1. The molecule has 2 fully saturated rings. The van der Waals surface area contributed by atoms with Crippen molar-refractivity contribution in [1.29, 1.82) is 0 Å². The summed E-state index contributed by atoms with van der Waals surface area (Å²) in [5.74, 6) is 0.141. The van der Waals surface area contributed by atoms with Gasteiger partial charge in [0.25, 0.3) is 0 Å². The summed E-state index contributed by atoms with van der Waals surface area (Å²) in [6.45, 7) is 3.64. The third kappa shape index (κ3) is 4.18. The molecule has 0 spiro atoms. The first kappa shape index (κ1) is 14.8. The first-order valence-corrected chi connectivity index (χ1v) is 7.68. The Hall–Kier alpha value is -0.610. The second kappa shape index (κ2) is 6.71. The predicted molar refractivity (Wildman–Crippen MR) is 76.2 cm³/mol. The molecular weight excluding hydrogens is 240 g/mol. The van der Waals surface area contributed by atoms with Crippen LogP contribution in [0.3, 0.4) is 0 Å². The smallest absolute Gasteiger partial charge is 0.306 e. The second-order valence-electron chi connectivity index (χ2n) is 6.53. The van der Waals surface area contributed by atoms with E-state index >= 15 is 0 Å². The molecule has 1 aliphatic carbocycles. The van der Waals surface area contributed by atoms with Crippen molar-refractivity contribution in [3.63, 3.8) is 0 Å². The van der Waals surface area contributed by atoms with Gasteiger partial charge in [0, 0.05) is 12.6 Å². The molecule has 0 aromatic carbocycles. The molecule has 2 rings (SSSR count). The summed E-state index contributed by atoms with van der Waals surface area (Å²) in [7, 11) is 4.43. The number of carboxylic acid groups (broad SMARTS) is 1. The lowest BCUT2D eigenvalue weighted by molar-refractivity contribution is -0.143. The molecule has 0 unspecified atom stereocenters. The SMILES string of the molecule is CN1CCC(CN(C)C2CCC(C(=O)O)CC2)CC1. The van der Waals surface area contributed by atoms with Crippen molar-refractivity contribution in [2.75, 3.05) is 33.7 Å². The maximum Gasteiger partial charge on any atom is 0.306 e. The van der Waals surface area contributed by atoms with E-state index in [1.54, 1.807) is 0 Å². The molecule has 4 heteroatoms. The molecule has 1 heterocycles. The van der Waals surface area contributed by atoms with Gasteiger partial charge >= 0.3 is 5.97 Å². The van der Waals surface area contributed by atoms with E-state index in [4.69, 9.17) is 5.11 Å². The van der Waals surface area contributed by atoms with Gasteiger partial charge in [0.1, 0.15) is 0 Å². The Bertz CT molecular complexity index is 293. The molecule has 0 atom stereocenters. The van der Waals surface area contributed by atoms with E-state index in [0.717, 1.165) is 31.6 Å². The van der Waals surface area contributed by atoms with Gasteiger partial charge in [-0.1, -0.05) is 0 Å². The van der Waals surface area contributed by atoms with E-state index in [-0.39, 0.29) is 5.92 Å². The fourth-order valence-corrected chi connectivity index (χ4v) is 3.56. The second-order valence-corrected chi connectivity index (χ2v) is 6.53. The molecule has 1 saturated carbocycles. The highest BCUT2D eigenvalue weighted by atomic mass is 16.4. The summed E-state index contributed by atoms with van der Waals surface area (Å²) in [6, 6.07) is 0.607. The quantitative estimate of drug-likeness (QED) is 0.846. The largest absolute Gasteiger partial charge is 0.481 e. The van der Waals surface area contributed by atoms with Gasteiger partial charge in [-0.25, -0.2) is 0 Å². The van der Waals surface area contributed by atoms with Crippen LogP contribution in [-0.4, -0.2) is 60.6 Å². The summed E-state index contributed by atoms with van der Waals surface area (Å²) in [4.78, 5) is 15.9. The average molecular weight is 268 g/mol. The predicted octanol–water partition coefficient (Wildman–Crippen LogP) is 1.90. The minimum atomic E-state index is -0.601. The zero-order valence-corrected chi connectivity index (χ0v) is 12.3. The van der Waals surface area contributed by atoms with Crippen LogP contribution in [0.4, 0.5) is 0 Å². The number of aliphatic carboxylic acids is 1. The molecule has 4 nitrogen and oxygen atoms in total. The van der Waals surface area contributed by atoms with Crippen molar-refractivity contribution in [2.45, 2.75) is 44.6 Å². The summed E-state index contributed by atoms with van der Waals surface area (Å²) in [6.07, 6.45) is 6.45. The summed E-state index contributed by atoms with van der Waals surface area (Å²) >= 11 is 0. The first-order chi connectivity index (χ1) is 9.06. The minimum absolute atomic E-state index is 0.0898. The molecule has 0 amide bonds. The van der Waals surface area contributed by atoms with Crippen molar-refractivity contribution >= 4 is 5.97 Å². The molecule has 0 aromatic heterocycles. The zero-order chi connectivity index (χ0) is 13.8. The van der Waals surface area contributed by atoms with E-state index in [2.05, 4.69) is 23.9 Å². The van der Waals surface area contributed by atoms with E-state index in [0.29, 0.717) is 6.04 Å². The Balaban J connectivity index is 1.72.